The van der Waals surface area contributed by atoms with E-state index in [1.807, 2.05) is 18.2 Å². The third-order valence-electron chi connectivity index (χ3n) is 2.31. The van der Waals surface area contributed by atoms with Crippen LogP contribution in [0, 0.1) is 5.92 Å². The van der Waals surface area contributed by atoms with Gasteiger partial charge in [-0.15, -0.1) is 11.3 Å². The number of para-hydroxylation sites is 1. The Morgan fingerprint density at radius 2 is 2.00 bits per heavy atom. The lowest BCUT2D eigenvalue weighted by Crippen LogP contribution is -2.16. The van der Waals surface area contributed by atoms with E-state index in [4.69, 9.17) is 5.73 Å². The van der Waals surface area contributed by atoms with Crippen LogP contribution in [0.15, 0.2) is 24.3 Å². The van der Waals surface area contributed by atoms with Crippen LogP contribution in [0.1, 0.15) is 24.9 Å². The molecule has 0 aliphatic carbocycles. The number of benzene rings is 1. The molecule has 1 heterocycles. The molecule has 0 aliphatic heterocycles. The van der Waals surface area contributed by atoms with Crippen LogP contribution in [0.3, 0.4) is 0 Å². The zero-order chi connectivity index (χ0) is 10.1. The Kier molecular flexibility index (Phi) is 2.52. The molecule has 0 radical (unpaired) electrons. The van der Waals surface area contributed by atoms with Crippen molar-refractivity contribution in [3.05, 3.63) is 29.3 Å². The molecule has 3 heteroatoms. The Morgan fingerprint density at radius 3 is 2.64 bits per heavy atom. The lowest BCUT2D eigenvalue weighted by molar-refractivity contribution is 0.513. The van der Waals surface area contributed by atoms with Crippen molar-refractivity contribution >= 4 is 21.6 Å². The fourth-order valence-electron chi connectivity index (χ4n) is 1.32. The predicted octanol–water partition coefficient (Wildman–Crippen LogP) is 2.95. The van der Waals surface area contributed by atoms with E-state index >= 15 is 0 Å². The number of fused-ring (bicyclic) bond motifs is 1. The third kappa shape index (κ3) is 1.65. The van der Waals surface area contributed by atoms with Gasteiger partial charge in [-0.25, -0.2) is 4.98 Å². The minimum absolute atomic E-state index is 0.0624. The van der Waals surface area contributed by atoms with Gasteiger partial charge in [-0.2, -0.15) is 0 Å². The average Bonchev–Trinajstić information content (AvgIpc) is 2.59. The summed E-state index contributed by atoms with van der Waals surface area (Å²) in [5.74, 6) is 0.440. The SMILES string of the molecule is CC(C)C(N)c1nc2ccccc2s1. The highest BCUT2D eigenvalue weighted by Gasteiger charge is 2.14. The number of hydrogen-bond donors (Lipinski definition) is 1. The first-order valence-electron chi connectivity index (χ1n) is 4.79. The second-order valence-corrected chi connectivity index (χ2v) is 4.85. The maximum absolute atomic E-state index is 6.05. The van der Waals surface area contributed by atoms with E-state index in [0.29, 0.717) is 5.92 Å². The zero-order valence-electron chi connectivity index (χ0n) is 8.40. The number of nitrogens with zero attached hydrogens (tertiary/aromatic N) is 1. The number of aromatic nitrogens is 1. The molecule has 1 atom stereocenters. The summed E-state index contributed by atoms with van der Waals surface area (Å²) in [5, 5.41) is 1.04. The van der Waals surface area contributed by atoms with Crippen molar-refractivity contribution in [2.24, 2.45) is 11.7 Å². The van der Waals surface area contributed by atoms with E-state index in [2.05, 4.69) is 24.9 Å². The predicted molar refractivity (Wildman–Crippen MR) is 61.4 cm³/mol. The van der Waals surface area contributed by atoms with Gasteiger partial charge in [0.1, 0.15) is 5.01 Å². The van der Waals surface area contributed by atoms with Crippen molar-refractivity contribution < 1.29 is 0 Å². The molecule has 0 spiro atoms. The standard InChI is InChI=1S/C11H14N2S/c1-7(2)10(12)11-13-8-5-3-4-6-9(8)14-11/h3-7,10H,12H2,1-2H3. The fraction of sp³-hybridized carbons (Fsp3) is 0.364. The molecule has 14 heavy (non-hydrogen) atoms. The van der Waals surface area contributed by atoms with Gasteiger partial charge in [-0.1, -0.05) is 26.0 Å². The summed E-state index contributed by atoms with van der Waals surface area (Å²) in [4.78, 5) is 4.53. The van der Waals surface area contributed by atoms with Crippen molar-refractivity contribution in [1.29, 1.82) is 0 Å². The highest BCUT2D eigenvalue weighted by Crippen LogP contribution is 2.28. The molecular formula is C11H14N2S. The molecule has 2 aromatic rings. The molecule has 2 nitrogen and oxygen atoms in total. The minimum Gasteiger partial charge on any atom is -0.322 e. The van der Waals surface area contributed by atoms with Gasteiger partial charge in [-0.05, 0) is 18.1 Å². The van der Waals surface area contributed by atoms with Gasteiger partial charge >= 0.3 is 0 Å². The van der Waals surface area contributed by atoms with Crippen molar-refractivity contribution in [3.8, 4) is 0 Å². The van der Waals surface area contributed by atoms with Crippen LogP contribution in [0.2, 0.25) is 0 Å². The normalized spacial score (nSPS) is 13.7. The van der Waals surface area contributed by atoms with E-state index in [1.165, 1.54) is 4.70 Å². The number of hydrogen-bond acceptors (Lipinski definition) is 3. The summed E-state index contributed by atoms with van der Waals surface area (Å²) in [7, 11) is 0. The van der Waals surface area contributed by atoms with E-state index in [-0.39, 0.29) is 6.04 Å². The second kappa shape index (κ2) is 3.67. The Bertz CT molecular complexity index is 401. The van der Waals surface area contributed by atoms with Crippen LogP contribution in [-0.4, -0.2) is 4.98 Å². The molecule has 0 amide bonds. The van der Waals surface area contributed by atoms with E-state index < -0.39 is 0 Å². The highest BCUT2D eigenvalue weighted by molar-refractivity contribution is 7.18. The molecule has 1 aromatic heterocycles. The van der Waals surface area contributed by atoms with Crippen LogP contribution in [0.25, 0.3) is 10.2 Å². The first kappa shape index (κ1) is 9.62. The summed E-state index contributed by atoms with van der Waals surface area (Å²) in [5.41, 5.74) is 7.11. The second-order valence-electron chi connectivity index (χ2n) is 3.79. The molecule has 0 saturated heterocycles. The van der Waals surface area contributed by atoms with Crippen LogP contribution in [0.5, 0.6) is 0 Å². The Balaban J connectivity index is 2.45. The van der Waals surface area contributed by atoms with Crippen molar-refractivity contribution in [1.82, 2.24) is 4.98 Å². The van der Waals surface area contributed by atoms with Crippen LogP contribution < -0.4 is 5.73 Å². The summed E-state index contributed by atoms with van der Waals surface area (Å²) in [6.07, 6.45) is 0. The summed E-state index contributed by atoms with van der Waals surface area (Å²) >= 11 is 1.70. The largest absolute Gasteiger partial charge is 0.322 e. The molecular weight excluding hydrogens is 192 g/mol. The molecule has 2 rings (SSSR count). The van der Waals surface area contributed by atoms with E-state index in [1.54, 1.807) is 11.3 Å². The molecule has 0 bridgehead atoms. The zero-order valence-corrected chi connectivity index (χ0v) is 9.21. The molecule has 2 N–H and O–H groups in total. The van der Waals surface area contributed by atoms with Gasteiger partial charge in [0.15, 0.2) is 0 Å². The Hall–Kier alpha value is -0.930. The topological polar surface area (TPSA) is 38.9 Å². The molecule has 74 valence electrons. The number of nitrogens with two attached hydrogens (primary N) is 1. The maximum Gasteiger partial charge on any atom is 0.111 e. The Morgan fingerprint density at radius 1 is 1.29 bits per heavy atom. The smallest absolute Gasteiger partial charge is 0.111 e. The van der Waals surface area contributed by atoms with Crippen molar-refractivity contribution in [3.63, 3.8) is 0 Å². The highest BCUT2D eigenvalue weighted by atomic mass is 32.1. The van der Waals surface area contributed by atoms with Crippen LogP contribution in [-0.2, 0) is 0 Å². The van der Waals surface area contributed by atoms with Crippen molar-refractivity contribution in [2.45, 2.75) is 19.9 Å². The van der Waals surface area contributed by atoms with E-state index in [0.717, 1.165) is 10.5 Å². The monoisotopic (exact) mass is 206 g/mol. The summed E-state index contributed by atoms with van der Waals surface area (Å²) < 4.78 is 1.22. The lowest BCUT2D eigenvalue weighted by Gasteiger charge is -2.11. The lowest BCUT2D eigenvalue weighted by atomic mass is 10.1. The summed E-state index contributed by atoms with van der Waals surface area (Å²) in [6, 6.07) is 8.22. The van der Waals surface area contributed by atoms with Gasteiger partial charge in [0, 0.05) is 0 Å². The average molecular weight is 206 g/mol. The fourth-order valence-corrected chi connectivity index (χ4v) is 2.46. The van der Waals surface area contributed by atoms with Gasteiger partial charge < -0.3 is 5.73 Å². The first-order chi connectivity index (χ1) is 6.68. The van der Waals surface area contributed by atoms with Gasteiger partial charge in [0.2, 0.25) is 0 Å². The van der Waals surface area contributed by atoms with Gasteiger partial charge in [0.25, 0.3) is 0 Å². The number of rotatable bonds is 2. The quantitative estimate of drug-likeness (QED) is 0.820. The molecule has 1 aromatic carbocycles. The molecule has 0 saturated carbocycles. The minimum atomic E-state index is 0.0624. The van der Waals surface area contributed by atoms with Gasteiger partial charge in [0.05, 0.1) is 16.3 Å². The molecule has 0 fully saturated rings. The van der Waals surface area contributed by atoms with Crippen LogP contribution >= 0.6 is 11.3 Å². The molecule has 1 unspecified atom stereocenters. The van der Waals surface area contributed by atoms with Crippen molar-refractivity contribution in [2.75, 3.05) is 0 Å². The Labute approximate surface area is 87.8 Å². The first-order valence-corrected chi connectivity index (χ1v) is 5.61. The maximum atomic E-state index is 6.05. The number of thiazole rings is 1. The van der Waals surface area contributed by atoms with Crippen LogP contribution in [0.4, 0.5) is 0 Å². The summed E-state index contributed by atoms with van der Waals surface area (Å²) in [6.45, 7) is 4.24. The van der Waals surface area contributed by atoms with E-state index in [9.17, 15) is 0 Å². The third-order valence-corrected chi connectivity index (χ3v) is 3.45. The van der Waals surface area contributed by atoms with Gasteiger partial charge in [-0.3, -0.25) is 0 Å². The molecule has 0 aliphatic rings.